The number of carbonyl (C=O) groups is 2. The maximum atomic E-state index is 11.8. The summed E-state index contributed by atoms with van der Waals surface area (Å²) in [7, 11) is 3.25. The van der Waals surface area contributed by atoms with E-state index in [1.165, 1.54) is 4.90 Å². The average molecular weight is 245 g/mol. The Morgan fingerprint density at radius 2 is 1.94 bits per heavy atom. The summed E-state index contributed by atoms with van der Waals surface area (Å²) >= 11 is 4.86. The molecule has 16 heavy (non-hydrogen) atoms. The van der Waals surface area contributed by atoms with Gasteiger partial charge in [0.2, 0.25) is 11.8 Å². The first-order valence-corrected chi connectivity index (χ1v) is 5.45. The van der Waals surface area contributed by atoms with Gasteiger partial charge in [-0.25, -0.2) is 0 Å². The van der Waals surface area contributed by atoms with Gasteiger partial charge < -0.3 is 16.0 Å². The van der Waals surface area contributed by atoms with Crippen LogP contribution in [-0.2, 0) is 9.59 Å². The maximum Gasteiger partial charge on any atom is 0.241 e. The average Bonchev–Trinajstić information content (AvgIpc) is 2.23. The second-order valence-corrected chi connectivity index (χ2v) is 4.46. The molecule has 0 aromatic rings. The Labute approximate surface area is 101 Å². The smallest absolute Gasteiger partial charge is 0.241 e. The van der Waals surface area contributed by atoms with E-state index in [1.807, 2.05) is 6.92 Å². The predicted molar refractivity (Wildman–Crippen MR) is 66.9 cm³/mol. The van der Waals surface area contributed by atoms with Crippen LogP contribution in [0.5, 0.6) is 0 Å². The van der Waals surface area contributed by atoms with E-state index in [-0.39, 0.29) is 23.3 Å². The van der Waals surface area contributed by atoms with E-state index in [2.05, 4.69) is 5.32 Å². The first-order chi connectivity index (χ1) is 7.25. The van der Waals surface area contributed by atoms with E-state index in [0.717, 1.165) is 0 Å². The normalized spacial score (nSPS) is 13.8. The number of likely N-dealkylation sites (N-methyl/N-ethyl adjacent to an activating group) is 1. The van der Waals surface area contributed by atoms with Crippen LogP contribution < -0.4 is 11.1 Å². The van der Waals surface area contributed by atoms with Crippen LogP contribution in [0, 0.1) is 5.41 Å². The fourth-order valence-electron chi connectivity index (χ4n) is 0.956. The highest BCUT2D eigenvalue weighted by atomic mass is 32.1. The fraction of sp³-hybridized carbons (Fsp3) is 0.700. The van der Waals surface area contributed by atoms with Crippen molar-refractivity contribution in [2.45, 2.75) is 20.3 Å². The van der Waals surface area contributed by atoms with Crippen molar-refractivity contribution in [1.29, 1.82) is 0 Å². The number of hydrogen-bond donors (Lipinski definition) is 2. The van der Waals surface area contributed by atoms with Gasteiger partial charge in [0.05, 0.1) is 16.9 Å². The summed E-state index contributed by atoms with van der Waals surface area (Å²) in [5, 5.41) is 2.54. The molecule has 1 atom stereocenters. The summed E-state index contributed by atoms with van der Waals surface area (Å²) in [6.07, 6.45) is 0.504. The summed E-state index contributed by atoms with van der Waals surface area (Å²) in [4.78, 5) is 24.6. The Morgan fingerprint density at radius 1 is 1.44 bits per heavy atom. The zero-order valence-electron chi connectivity index (χ0n) is 10.2. The molecule has 0 radical (unpaired) electrons. The van der Waals surface area contributed by atoms with Crippen LogP contribution in [-0.4, -0.2) is 42.3 Å². The lowest BCUT2D eigenvalue weighted by Gasteiger charge is -2.25. The molecule has 0 aliphatic rings. The van der Waals surface area contributed by atoms with Gasteiger partial charge in [-0.2, -0.15) is 0 Å². The van der Waals surface area contributed by atoms with E-state index in [0.29, 0.717) is 6.42 Å². The summed E-state index contributed by atoms with van der Waals surface area (Å²) < 4.78 is 0. The van der Waals surface area contributed by atoms with Crippen LogP contribution in [0.3, 0.4) is 0 Å². The lowest BCUT2D eigenvalue weighted by Crippen LogP contribution is -2.48. The van der Waals surface area contributed by atoms with Crippen molar-refractivity contribution in [3.8, 4) is 0 Å². The SMILES string of the molecule is CCC(C)(C(=O)NCC(=O)N(C)C)C(N)=S. The molecule has 0 bridgehead atoms. The molecule has 2 amide bonds. The van der Waals surface area contributed by atoms with Gasteiger partial charge in [-0.3, -0.25) is 9.59 Å². The highest BCUT2D eigenvalue weighted by Gasteiger charge is 2.34. The molecule has 0 rings (SSSR count). The van der Waals surface area contributed by atoms with Gasteiger partial charge in [0.1, 0.15) is 0 Å². The minimum atomic E-state index is -0.887. The van der Waals surface area contributed by atoms with Crippen LogP contribution in [0.4, 0.5) is 0 Å². The van der Waals surface area contributed by atoms with Gasteiger partial charge in [-0.05, 0) is 13.3 Å². The van der Waals surface area contributed by atoms with Crippen molar-refractivity contribution >= 4 is 29.0 Å². The van der Waals surface area contributed by atoms with E-state index >= 15 is 0 Å². The van der Waals surface area contributed by atoms with Crippen molar-refractivity contribution in [3.05, 3.63) is 0 Å². The number of nitrogens with one attached hydrogen (secondary N) is 1. The molecule has 0 aliphatic carbocycles. The molecule has 6 heteroatoms. The summed E-state index contributed by atoms with van der Waals surface area (Å²) in [6.45, 7) is 3.46. The molecule has 1 unspecified atom stereocenters. The minimum Gasteiger partial charge on any atom is -0.392 e. The van der Waals surface area contributed by atoms with Gasteiger partial charge in [0.15, 0.2) is 0 Å². The van der Waals surface area contributed by atoms with Crippen molar-refractivity contribution < 1.29 is 9.59 Å². The molecule has 0 saturated carbocycles. The van der Waals surface area contributed by atoms with Gasteiger partial charge in [-0.15, -0.1) is 0 Å². The second kappa shape index (κ2) is 5.79. The summed E-state index contributed by atoms with van der Waals surface area (Å²) in [5.41, 5.74) is 4.64. The van der Waals surface area contributed by atoms with E-state index < -0.39 is 5.41 Å². The first-order valence-electron chi connectivity index (χ1n) is 5.04. The van der Waals surface area contributed by atoms with E-state index in [1.54, 1.807) is 21.0 Å². The number of thiocarbonyl (C=S) groups is 1. The standard InChI is InChI=1S/C10H19N3O2S/c1-5-10(2,8(11)16)9(15)12-6-7(14)13(3)4/h5-6H2,1-4H3,(H2,11,16)(H,12,15). The molecule has 92 valence electrons. The number of nitrogens with zero attached hydrogens (tertiary/aromatic N) is 1. The predicted octanol–water partition coefficient (Wildman–Crippen LogP) is -0.107. The molecular weight excluding hydrogens is 226 g/mol. The van der Waals surface area contributed by atoms with Gasteiger partial charge in [-0.1, -0.05) is 19.1 Å². The summed E-state index contributed by atoms with van der Waals surface area (Å²) in [5.74, 6) is -0.479. The first kappa shape index (κ1) is 14.8. The quantitative estimate of drug-likeness (QED) is 0.663. The summed E-state index contributed by atoms with van der Waals surface area (Å²) in [6, 6.07) is 0. The third-order valence-corrected chi connectivity index (χ3v) is 3.10. The monoisotopic (exact) mass is 245 g/mol. The Bertz CT molecular complexity index is 304. The molecule has 0 aromatic carbocycles. The molecule has 0 heterocycles. The van der Waals surface area contributed by atoms with Crippen LogP contribution in [0.2, 0.25) is 0 Å². The van der Waals surface area contributed by atoms with Crippen LogP contribution in [0.15, 0.2) is 0 Å². The largest absolute Gasteiger partial charge is 0.392 e. The van der Waals surface area contributed by atoms with Crippen molar-refractivity contribution in [3.63, 3.8) is 0 Å². The molecule has 0 aliphatic heterocycles. The number of hydrogen-bond acceptors (Lipinski definition) is 3. The van der Waals surface area contributed by atoms with Crippen LogP contribution >= 0.6 is 12.2 Å². The number of amides is 2. The van der Waals surface area contributed by atoms with Crippen LogP contribution in [0.1, 0.15) is 20.3 Å². The van der Waals surface area contributed by atoms with Gasteiger partial charge in [0.25, 0.3) is 0 Å². The third kappa shape index (κ3) is 3.44. The topological polar surface area (TPSA) is 75.4 Å². The fourth-order valence-corrected chi connectivity index (χ4v) is 1.19. The number of nitrogens with two attached hydrogens (primary N) is 1. The Morgan fingerprint density at radius 3 is 2.25 bits per heavy atom. The Balaban J connectivity index is 4.46. The highest BCUT2D eigenvalue weighted by molar-refractivity contribution is 7.80. The lowest BCUT2D eigenvalue weighted by atomic mass is 9.86. The van der Waals surface area contributed by atoms with Crippen molar-refractivity contribution in [2.75, 3.05) is 20.6 Å². The number of rotatable bonds is 5. The van der Waals surface area contributed by atoms with E-state index in [4.69, 9.17) is 18.0 Å². The van der Waals surface area contributed by atoms with Crippen molar-refractivity contribution in [1.82, 2.24) is 10.2 Å². The second-order valence-electron chi connectivity index (χ2n) is 4.02. The molecule has 5 nitrogen and oxygen atoms in total. The molecule has 0 aromatic heterocycles. The third-order valence-electron chi connectivity index (χ3n) is 2.65. The minimum absolute atomic E-state index is 0.0377. The lowest BCUT2D eigenvalue weighted by molar-refractivity contribution is -0.133. The van der Waals surface area contributed by atoms with Crippen molar-refractivity contribution in [2.24, 2.45) is 11.1 Å². The zero-order valence-corrected chi connectivity index (χ0v) is 11.0. The molecular formula is C10H19N3O2S. The van der Waals surface area contributed by atoms with E-state index in [9.17, 15) is 9.59 Å². The molecule has 0 spiro atoms. The number of carbonyl (C=O) groups excluding carboxylic acids is 2. The van der Waals surface area contributed by atoms with Gasteiger partial charge >= 0.3 is 0 Å². The maximum absolute atomic E-state index is 11.8. The Kier molecular flexibility index (Phi) is 5.37. The zero-order chi connectivity index (χ0) is 12.9. The molecule has 0 saturated heterocycles. The highest BCUT2D eigenvalue weighted by Crippen LogP contribution is 2.21. The molecule has 0 fully saturated rings. The molecule has 3 N–H and O–H groups in total. The van der Waals surface area contributed by atoms with Gasteiger partial charge in [0, 0.05) is 14.1 Å². The Hall–Kier alpha value is -1.17. The van der Waals surface area contributed by atoms with Crippen LogP contribution in [0.25, 0.3) is 0 Å².